The van der Waals surface area contributed by atoms with Crippen LogP contribution in [0.2, 0.25) is 5.02 Å². The molecule has 1 atom stereocenters. The molecule has 0 aliphatic carbocycles. The second kappa shape index (κ2) is 10.1. The van der Waals surface area contributed by atoms with Gasteiger partial charge in [-0.1, -0.05) is 18.5 Å². The van der Waals surface area contributed by atoms with Gasteiger partial charge < -0.3 is 14.8 Å². The summed E-state index contributed by atoms with van der Waals surface area (Å²) < 4.78 is 11.8. The number of rotatable bonds is 8. The van der Waals surface area contributed by atoms with E-state index in [1.165, 1.54) is 4.68 Å². The molecule has 0 saturated carbocycles. The van der Waals surface area contributed by atoms with E-state index in [4.69, 9.17) is 21.1 Å². The molecule has 1 unspecified atom stereocenters. The first-order chi connectivity index (χ1) is 14.1. The molecular formula is C20H26ClN3O5S. The van der Waals surface area contributed by atoms with Crippen LogP contribution in [-0.2, 0) is 14.3 Å². The fraction of sp³-hybridized carbons (Fsp3) is 0.500. The van der Waals surface area contributed by atoms with Gasteiger partial charge in [0.25, 0.3) is 0 Å². The van der Waals surface area contributed by atoms with Crippen molar-refractivity contribution in [2.24, 2.45) is 0 Å². The lowest BCUT2D eigenvalue weighted by Crippen LogP contribution is -2.25. The molecule has 0 aliphatic rings. The predicted molar refractivity (Wildman–Crippen MR) is 116 cm³/mol. The number of aromatic nitrogens is 2. The number of ether oxygens (including phenoxy) is 2. The fourth-order valence-electron chi connectivity index (χ4n) is 2.85. The number of anilines is 1. The summed E-state index contributed by atoms with van der Waals surface area (Å²) in [5.41, 5.74) is 1.85. The maximum atomic E-state index is 12.9. The van der Waals surface area contributed by atoms with E-state index in [0.717, 1.165) is 11.3 Å². The van der Waals surface area contributed by atoms with Crippen molar-refractivity contribution in [3.63, 3.8) is 0 Å². The van der Waals surface area contributed by atoms with Gasteiger partial charge in [0.1, 0.15) is 15.9 Å². The maximum Gasteiger partial charge on any atom is 0.348 e. The number of nitrogens with zero attached hydrogens (tertiary/aromatic N) is 2. The molecule has 2 aromatic heterocycles. The summed E-state index contributed by atoms with van der Waals surface area (Å²) in [6.07, 6.45) is 0.650. The number of aryl methyl sites for hydroxylation is 1. The van der Waals surface area contributed by atoms with Crippen LogP contribution in [-0.4, -0.2) is 40.8 Å². The Morgan fingerprint density at radius 2 is 1.83 bits per heavy atom. The summed E-state index contributed by atoms with van der Waals surface area (Å²) in [5.74, 6) is -1.56. The number of hydrogen-bond acceptors (Lipinski definition) is 7. The Kier molecular flexibility index (Phi) is 8.03. The van der Waals surface area contributed by atoms with E-state index >= 15 is 0 Å². The van der Waals surface area contributed by atoms with Gasteiger partial charge in [0, 0.05) is 0 Å². The van der Waals surface area contributed by atoms with Crippen molar-refractivity contribution in [3.05, 3.63) is 32.4 Å². The molecule has 8 nitrogen and oxygen atoms in total. The molecule has 2 aromatic rings. The van der Waals surface area contributed by atoms with Gasteiger partial charge >= 0.3 is 11.9 Å². The molecule has 2 heterocycles. The smallest absolute Gasteiger partial charge is 0.348 e. The minimum atomic E-state index is -0.691. The molecular weight excluding hydrogens is 430 g/mol. The first-order valence-electron chi connectivity index (χ1n) is 9.63. The Morgan fingerprint density at radius 3 is 2.37 bits per heavy atom. The zero-order valence-corrected chi connectivity index (χ0v) is 19.5. The number of nitrogens with one attached hydrogen (secondary N) is 1. The van der Waals surface area contributed by atoms with Crippen molar-refractivity contribution in [3.8, 4) is 0 Å². The lowest BCUT2D eigenvalue weighted by Gasteiger charge is -2.14. The molecule has 0 spiro atoms. The van der Waals surface area contributed by atoms with E-state index in [1.54, 1.807) is 34.6 Å². The topological polar surface area (TPSA) is 99.5 Å². The summed E-state index contributed by atoms with van der Waals surface area (Å²) in [7, 11) is 0. The lowest BCUT2D eigenvalue weighted by molar-refractivity contribution is -0.119. The number of amides is 1. The molecule has 0 radical (unpaired) electrons. The van der Waals surface area contributed by atoms with Crippen molar-refractivity contribution >= 4 is 45.8 Å². The molecule has 0 fully saturated rings. The highest BCUT2D eigenvalue weighted by Crippen LogP contribution is 2.35. The Bertz CT molecular complexity index is 966. The molecule has 2 rings (SSSR count). The second-order valence-corrected chi connectivity index (χ2v) is 8.11. The van der Waals surface area contributed by atoms with Crippen LogP contribution in [0.1, 0.15) is 70.2 Å². The van der Waals surface area contributed by atoms with Crippen molar-refractivity contribution in [2.45, 2.75) is 54.0 Å². The van der Waals surface area contributed by atoms with Crippen LogP contribution in [0, 0.1) is 20.8 Å². The SMILES string of the molecule is CCCOC(=O)c1c(NC(=O)C(C)n2nc(C)c(Cl)c2C)sc(C(=O)OCC)c1C. The third kappa shape index (κ3) is 4.84. The predicted octanol–water partition coefficient (Wildman–Crippen LogP) is 4.47. The van der Waals surface area contributed by atoms with Gasteiger partial charge in [-0.25, -0.2) is 9.59 Å². The van der Waals surface area contributed by atoms with Crippen LogP contribution in [0.3, 0.4) is 0 Å². The van der Waals surface area contributed by atoms with Crippen LogP contribution >= 0.6 is 22.9 Å². The Labute approximate surface area is 184 Å². The van der Waals surface area contributed by atoms with Crippen LogP contribution in [0.15, 0.2) is 0 Å². The fourth-order valence-corrected chi connectivity index (χ4v) is 4.07. The normalized spacial score (nSPS) is 11.8. The molecule has 0 aliphatic heterocycles. The van der Waals surface area contributed by atoms with Gasteiger partial charge in [0.05, 0.1) is 35.2 Å². The van der Waals surface area contributed by atoms with Crippen molar-refractivity contribution < 1.29 is 23.9 Å². The van der Waals surface area contributed by atoms with Gasteiger partial charge in [-0.15, -0.1) is 11.3 Å². The van der Waals surface area contributed by atoms with Gasteiger partial charge in [-0.05, 0) is 46.6 Å². The molecule has 1 N–H and O–H groups in total. The third-order valence-electron chi connectivity index (χ3n) is 4.47. The standard InChI is InChI=1S/C20H26ClN3O5S/c1-7-9-29-19(26)14-10(3)16(20(27)28-8-2)30-18(14)22-17(25)13(6)24-12(5)15(21)11(4)23-24/h13H,7-9H2,1-6H3,(H,22,25). The van der Waals surface area contributed by atoms with Gasteiger partial charge in [0.15, 0.2) is 0 Å². The quantitative estimate of drug-likeness (QED) is 0.589. The highest BCUT2D eigenvalue weighted by molar-refractivity contribution is 7.18. The third-order valence-corrected chi connectivity index (χ3v) is 6.20. The summed E-state index contributed by atoms with van der Waals surface area (Å²) in [4.78, 5) is 38.1. The van der Waals surface area contributed by atoms with E-state index in [2.05, 4.69) is 10.4 Å². The number of hydrogen-bond donors (Lipinski definition) is 1. The maximum absolute atomic E-state index is 12.9. The van der Waals surface area contributed by atoms with E-state index in [9.17, 15) is 14.4 Å². The molecule has 10 heteroatoms. The molecule has 0 bridgehead atoms. The van der Waals surface area contributed by atoms with Crippen LogP contribution in [0.4, 0.5) is 5.00 Å². The largest absolute Gasteiger partial charge is 0.462 e. The number of thiophene rings is 1. The van der Waals surface area contributed by atoms with E-state index in [0.29, 0.717) is 28.4 Å². The molecule has 0 aromatic carbocycles. The van der Waals surface area contributed by atoms with Crippen LogP contribution in [0.25, 0.3) is 0 Å². The van der Waals surface area contributed by atoms with Gasteiger partial charge in [-0.3, -0.25) is 9.48 Å². The Hall–Kier alpha value is -2.39. The molecule has 1 amide bonds. The zero-order chi connectivity index (χ0) is 22.6. The summed E-state index contributed by atoms with van der Waals surface area (Å²) in [6.45, 7) is 10.8. The van der Waals surface area contributed by atoms with Gasteiger partial charge in [-0.2, -0.15) is 5.10 Å². The summed E-state index contributed by atoms with van der Waals surface area (Å²) >= 11 is 7.17. The zero-order valence-electron chi connectivity index (χ0n) is 17.9. The highest BCUT2D eigenvalue weighted by Gasteiger charge is 2.29. The monoisotopic (exact) mass is 455 g/mol. The van der Waals surface area contributed by atoms with Crippen LogP contribution < -0.4 is 5.32 Å². The minimum absolute atomic E-state index is 0.156. The number of carbonyl (C=O) groups is 3. The first kappa shape index (κ1) is 23.9. The number of halogens is 1. The Balaban J connectivity index is 2.39. The molecule has 164 valence electrons. The molecule has 0 saturated heterocycles. The summed E-state index contributed by atoms with van der Waals surface area (Å²) in [5, 5.41) is 7.79. The second-order valence-electron chi connectivity index (χ2n) is 6.71. The van der Waals surface area contributed by atoms with Crippen molar-refractivity contribution in [1.29, 1.82) is 0 Å². The number of carbonyl (C=O) groups excluding carboxylic acids is 3. The van der Waals surface area contributed by atoms with Gasteiger partial charge in [0.2, 0.25) is 5.91 Å². The van der Waals surface area contributed by atoms with Crippen LogP contribution in [0.5, 0.6) is 0 Å². The summed E-state index contributed by atoms with van der Waals surface area (Å²) in [6, 6.07) is -0.691. The lowest BCUT2D eigenvalue weighted by atomic mass is 10.1. The molecule has 30 heavy (non-hydrogen) atoms. The van der Waals surface area contributed by atoms with E-state index < -0.39 is 23.9 Å². The average molecular weight is 456 g/mol. The van der Waals surface area contributed by atoms with Crippen molar-refractivity contribution in [2.75, 3.05) is 18.5 Å². The van der Waals surface area contributed by atoms with E-state index in [1.807, 2.05) is 6.92 Å². The minimum Gasteiger partial charge on any atom is -0.462 e. The van der Waals surface area contributed by atoms with E-state index in [-0.39, 0.29) is 28.7 Å². The Morgan fingerprint density at radius 1 is 1.17 bits per heavy atom. The highest BCUT2D eigenvalue weighted by atomic mass is 35.5. The van der Waals surface area contributed by atoms with Crippen molar-refractivity contribution in [1.82, 2.24) is 9.78 Å². The number of esters is 2. The average Bonchev–Trinajstić information content (AvgIpc) is 3.16. The first-order valence-corrected chi connectivity index (χ1v) is 10.8.